The zero-order valence-electron chi connectivity index (χ0n) is 11.9. The lowest BCUT2D eigenvalue weighted by Gasteiger charge is -2.31. The van der Waals surface area contributed by atoms with Gasteiger partial charge in [-0.2, -0.15) is 0 Å². The van der Waals surface area contributed by atoms with E-state index in [4.69, 9.17) is 4.74 Å². The summed E-state index contributed by atoms with van der Waals surface area (Å²) in [4.78, 5) is 26.2. The Morgan fingerprint density at radius 1 is 1.38 bits per heavy atom. The molecular weight excluding hydrogens is 292 g/mol. The minimum absolute atomic E-state index is 0.0653. The smallest absolute Gasteiger partial charge is 0.231 e. The Labute approximate surface area is 126 Å². The molecule has 1 atom stereocenters. The number of ether oxygens (including phenoxy) is 1. The summed E-state index contributed by atoms with van der Waals surface area (Å²) in [6, 6.07) is 0.216. The first kappa shape index (κ1) is 14.4. The van der Waals surface area contributed by atoms with Gasteiger partial charge in [0.1, 0.15) is 5.01 Å². The third-order valence-electron chi connectivity index (χ3n) is 3.92. The van der Waals surface area contributed by atoms with Crippen molar-refractivity contribution in [2.45, 2.75) is 32.2 Å². The molecule has 2 aliphatic heterocycles. The Kier molecular flexibility index (Phi) is 4.16. The highest BCUT2D eigenvalue weighted by Gasteiger charge is 2.38. The molecule has 2 aliphatic rings. The zero-order valence-corrected chi connectivity index (χ0v) is 12.7. The van der Waals surface area contributed by atoms with E-state index in [0.717, 1.165) is 17.8 Å². The van der Waals surface area contributed by atoms with Crippen LogP contribution < -0.4 is 5.32 Å². The van der Waals surface area contributed by atoms with Gasteiger partial charge in [-0.15, -0.1) is 10.2 Å². The number of aromatic nitrogens is 2. The standard InChI is InChI=1S/C13H18N4O3S/c1-8-15-16-13(21-8)14-12(19)9-6-11(18)17(7-9)10-2-4-20-5-3-10/h9-10H,2-7H2,1H3,(H,14,16,19). The summed E-state index contributed by atoms with van der Waals surface area (Å²) < 4.78 is 5.32. The van der Waals surface area contributed by atoms with Crippen molar-refractivity contribution < 1.29 is 14.3 Å². The molecular formula is C13H18N4O3S. The lowest BCUT2D eigenvalue weighted by atomic mass is 10.1. The van der Waals surface area contributed by atoms with Crippen LogP contribution in [0, 0.1) is 12.8 Å². The number of amides is 2. The van der Waals surface area contributed by atoms with Crippen molar-refractivity contribution in [3.63, 3.8) is 0 Å². The van der Waals surface area contributed by atoms with Gasteiger partial charge in [0.15, 0.2) is 0 Å². The average Bonchev–Trinajstić information content (AvgIpc) is 3.06. The summed E-state index contributed by atoms with van der Waals surface area (Å²) in [5, 5.41) is 11.8. The number of hydrogen-bond acceptors (Lipinski definition) is 6. The summed E-state index contributed by atoms with van der Waals surface area (Å²) >= 11 is 1.34. The van der Waals surface area contributed by atoms with E-state index >= 15 is 0 Å². The van der Waals surface area contributed by atoms with Crippen LogP contribution in [0.4, 0.5) is 5.13 Å². The van der Waals surface area contributed by atoms with E-state index in [0.29, 0.717) is 24.9 Å². The summed E-state index contributed by atoms with van der Waals surface area (Å²) in [6.45, 7) is 3.71. The molecule has 1 N–H and O–H groups in total. The Hall–Kier alpha value is -1.54. The highest BCUT2D eigenvalue weighted by molar-refractivity contribution is 7.15. The van der Waals surface area contributed by atoms with Gasteiger partial charge < -0.3 is 15.0 Å². The summed E-state index contributed by atoms with van der Waals surface area (Å²) in [6.07, 6.45) is 1.99. The molecule has 3 heterocycles. The van der Waals surface area contributed by atoms with Crippen molar-refractivity contribution in [3.8, 4) is 0 Å². The van der Waals surface area contributed by atoms with Gasteiger partial charge >= 0.3 is 0 Å². The first-order chi connectivity index (χ1) is 10.1. The van der Waals surface area contributed by atoms with Gasteiger partial charge in [0.05, 0.1) is 5.92 Å². The van der Waals surface area contributed by atoms with Gasteiger partial charge in [-0.1, -0.05) is 11.3 Å². The lowest BCUT2D eigenvalue weighted by molar-refractivity contribution is -0.131. The molecule has 0 radical (unpaired) electrons. The predicted octanol–water partition coefficient (Wildman–Crippen LogP) is 0.813. The molecule has 2 amide bonds. The van der Waals surface area contributed by atoms with E-state index in [2.05, 4.69) is 15.5 Å². The Morgan fingerprint density at radius 2 is 2.14 bits per heavy atom. The van der Waals surface area contributed by atoms with Crippen LogP contribution in [-0.2, 0) is 14.3 Å². The molecule has 0 bridgehead atoms. The number of aryl methyl sites for hydroxylation is 1. The van der Waals surface area contributed by atoms with E-state index < -0.39 is 0 Å². The topological polar surface area (TPSA) is 84.4 Å². The fraction of sp³-hybridized carbons (Fsp3) is 0.692. The highest BCUT2D eigenvalue weighted by Crippen LogP contribution is 2.26. The van der Waals surface area contributed by atoms with Crippen LogP contribution in [0.25, 0.3) is 0 Å². The molecule has 3 rings (SSSR count). The number of rotatable bonds is 3. The van der Waals surface area contributed by atoms with Gasteiger partial charge in [-0.25, -0.2) is 0 Å². The number of nitrogens with one attached hydrogen (secondary N) is 1. The maximum Gasteiger partial charge on any atom is 0.231 e. The van der Waals surface area contributed by atoms with E-state index in [1.807, 2.05) is 11.8 Å². The van der Waals surface area contributed by atoms with Crippen LogP contribution in [-0.4, -0.2) is 52.7 Å². The Bertz CT molecular complexity index is 541. The fourth-order valence-corrected chi connectivity index (χ4v) is 3.41. The summed E-state index contributed by atoms with van der Waals surface area (Å²) in [7, 11) is 0. The van der Waals surface area contributed by atoms with Crippen molar-refractivity contribution in [2.75, 3.05) is 25.1 Å². The third kappa shape index (κ3) is 3.21. The normalized spacial score (nSPS) is 23.6. The first-order valence-corrected chi connectivity index (χ1v) is 7.93. The highest BCUT2D eigenvalue weighted by atomic mass is 32.1. The molecule has 2 saturated heterocycles. The molecule has 8 heteroatoms. The van der Waals surface area contributed by atoms with Crippen LogP contribution in [0.1, 0.15) is 24.3 Å². The van der Waals surface area contributed by atoms with E-state index in [-0.39, 0.29) is 30.2 Å². The van der Waals surface area contributed by atoms with Crippen LogP contribution in [0.3, 0.4) is 0 Å². The monoisotopic (exact) mass is 310 g/mol. The van der Waals surface area contributed by atoms with Crippen LogP contribution in [0.5, 0.6) is 0 Å². The number of anilines is 1. The van der Waals surface area contributed by atoms with Crippen molar-refractivity contribution in [3.05, 3.63) is 5.01 Å². The molecule has 1 aromatic heterocycles. The average molecular weight is 310 g/mol. The second-order valence-corrected chi connectivity index (χ2v) is 6.59. The number of carbonyl (C=O) groups excluding carboxylic acids is 2. The lowest BCUT2D eigenvalue weighted by Crippen LogP contribution is -2.41. The molecule has 0 aliphatic carbocycles. The van der Waals surface area contributed by atoms with Crippen LogP contribution in [0.2, 0.25) is 0 Å². The molecule has 7 nitrogen and oxygen atoms in total. The minimum Gasteiger partial charge on any atom is -0.381 e. The second kappa shape index (κ2) is 6.07. The van der Waals surface area contributed by atoms with E-state index in [1.54, 1.807) is 0 Å². The van der Waals surface area contributed by atoms with Crippen LogP contribution in [0.15, 0.2) is 0 Å². The zero-order chi connectivity index (χ0) is 14.8. The van der Waals surface area contributed by atoms with E-state index in [1.165, 1.54) is 11.3 Å². The number of carbonyl (C=O) groups is 2. The number of nitrogens with zero attached hydrogens (tertiary/aromatic N) is 3. The molecule has 114 valence electrons. The number of hydrogen-bond donors (Lipinski definition) is 1. The van der Waals surface area contributed by atoms with Gasteiger partial charge in [0, 0.05) is 32.2 Å². The molecule has 2 fully saturated rings. The molecule has 0 spiro atoms. The van der Waals surface area contributed by atoms with E-state index in [9.17, 15) is 9.59 Å². The Balaban J connectivity index is 1.59. The largest absolute Gasteiger partial charge is 0.381 e. The number of likely N-dealkylation sites (tertiary alicyclic amines) is 1. The maximum absolute atomic E-state index is 12.2. The van der Waals surface area contributed by atoms with Gasteiger partial charge in [0.2, 0.25) is 16.9 Å². The van der Waals surface area contributed by atoms with Crippen molar-refractivity contribution >= 4 is 28.3 Å². The molecule has 0 aromatic carbocycles. The molecule has 1 unspecified atom stereocenters. The maximum atomic E-state index is 12.2. The quantitative estimate of drug-likeness (QED) is 0.893. The molecule has 0 saturated carbocycles. The summed E-state index contributed by atoms with van der Waals surface area (Å²) in [5.41, 5.74) is 0. The minimum atomic E-state index is -0.301. The van der Waals surface area contributed by atoms with Crippen molar-refractivity contribution in [1.29, 1.82) is 0 Å². The molecule has 1 aromatic rings. The second-order valence-electron chi connectivity index (χ2n) is 5.41. The Morgan fingerprint density at radius 3 is 2.81 bits per heavy atom. The molecule has 21 heavy (non-hydrogen) atoms. The van der Waals surface area contributed by atoms with Crippen molar-refractivity contribution in [1.82, 2.24) is 15.1 Å². The van der Waals surface area contributed by atoms with Gasteiger partial charge in [0.25, 0.3) is 0 Å². The predicted molar refractivity (Wildman–Crippen MR) is 76.9 cm³/mol. The van der Waals surface area contributed by atoms with Crippen molar-refractivity contribution in [2.24, 2.45) is 5.92 Å². The first-order valence-electron chi connectivity index (χ1n) is 7.11. The fourth-order valence-electron chi connectivity index (χ4n) is 2.81. The third-order valence-corrected chi connectivity index (χ3v) is 4.67. The van der Waals surface area contributed by atoms with Gasteiger partial charge in [-0.05, 0) is 19.8 Å². The SMILES string of the molecule is Cc1nnc(NC(=O)C2CC(=O)N(C3CCOCC3)C2)s1. The summed E-state index contributed by atoms with van der Waals surface area (Å²) in [5.74, 6) is -0.380. The van der Waals surface area contributed by atoms with Gasteiger partial charge in [-0.3, -0.25) is 9.59 Å². The van der Waals surface area contributed by atoms with Crippen LogP contribution >= 0.6 is 11.3 Å².